The molecule has 28 heavy (non-hydrogen) atoms. The smallest absolute Gasteiger partial charge is 0.252 e. The second-order valence-electron chi connectivity index (χ2n) is 6.94. The Labute approximate surface area is 167 Å². The van der Waals surface area contributed by atoms with Gasteiger partial charge in [-0.1, -0.05) is 35.9 Å². The van der Waals surface area contributed by atoms with E-state index in [1.807, 2.05) is 24.3 Å². The molecule has 1 aliphatic heterocycles. The van der Waals surface area contributed by atoms with Crippen molar-refractivity contribution >= 4 is 28.5 Å². The number of nitrogens with one attached hydrogen (secondary N) is 1. The van der Waals surface area contributed by atoms with Gasteiger partial charge in [0.05, 0.1) is 24.1 Å². The Morgan fingerprint density at radius 2 is 1.93 bits per heavy atom. The van der Waals surface area contributed by atoms with E-state index in [1.54, 1.807) is 28.9 Å². The Morgan fingerprint density at radius 1 is 1.21 bits per heavy atom. The third-order valence-corrected chi connectivity index (χ3v) is 5.48. The summed E-state index contributed by atoms with van der Waals surface area (Å²) in [6, 6.07) is 14.4. The third-order valence-electron chi connectivity index (χ3n) is 5.23. The fourth-order valence-electron chi connectivity index (χ4n) is 3.51. The summed E-state index contributed by atoms with van der Waals surface area (Å²) in [5, 5.41) is 12.3. The number of rotatable bonds is 5. The molecule has 1 saturated heterocycles. The number of amides is 1. The number of benzene rings is 2. The molecule has 0 aliphatic carbocycles. The van der Waals surface area contributed by atoms with Crippen LogP contribution in [0, 0.1) is 5.41 Å². The van der Waals surface area contributed by atoms with Crippen LogP contribution in [-0.4, -0.2) is 40.9 Å². The summed E-state index contributed by atoms with van der Waals surface area (Å²) < 4.78 is 13.0. The van der Waals surface area contributed by atoms with E-state index in [0.29, 0.717) is 23.8 Å². The topological polar surface area (TPSA) is 78.3 Å². The molecule has 1 N–H and O–H groups in total. The number of carbonyl (C=O) groups is 1. The van der Waals surface area contributed by atoms with Crippen LogP contribution in [0.5, 0.6) is 0 Å². The Kier molecular flexibility index (Phi) is 5.30. The third kappa shape index (κ3) is 3.48. The van der Waals surface area contributed by atoms with Gasteiger partial charge in [-0.2, -0.15) is 0 Å². The number of fused-ring (bicyclic) bond motifs is 1. The quantitative estimate of drug-likeness (QED) is 0.710. The van der Waals surface area contributed by atoms with E-state index < -0.39 is 11.6 Å². The van der Waals surface area contributed by atoms with Gasteiger partial charge in [0, 0.05) is 10.6 Å². The first kappa shape index (κ1) is 18.9. The van der Waals surface area contributed by atoms with Crippen molar-refractivity contribution in [3.8, 4) is 0 Å². The van der Waals surface area contributed by atoms with Crippen molar-refractivity contribution < 1.29 is 14.3 Å². The van der Waals surface area contributed by atoms with E-state index in [9.17, 15) is 4.79 Å². The Hall–Kier alpha value is -2.48. The van der Waals surface area contributed by atoms with Crippen LogP contribution in [0.15, 0.2) is 48.5 Å². The molecule has 8 heteroatoms. The number of aromatic nitrogens is 3. The molecular formula is C20H21ClN4O3. The van der Waals surface area contributed by atoms with Crippen LogP contribution in [-0.2, 0) is 9.47 Å². The summed E-state index contributed by atoms with van der Waals surface area (Å²) in [6.45, 7) is 3.20. The van der Waals surface area contributed by atoms with E-state index >= 15 is 0 Å². The van der Waals surface area contributed by atoms with Gasteiger partial charge in [-0.05, 0) is 42.8 Å². The van der Waals surface area contributed by atoms with Gasteiger partial charge in [0.2, 0.25) is 0 Å². The standard InChI is InChI=1S/C20H21ClN4O3/c1-2-20(11-27-13-28-12-20)19(22-18(26)14-7-9-15(21)10-8-14)25-17-6-4-3-5-16(17)23-24-25/h3-10,19H,2,11-13H2,1H3,(H,22,26). The zero-order valence-electron chi connectivity index (χ0n) is 15.5. The van der Waals surface area contributed by atoms with Gasteiger partial charge in [-0.15, -0.1) is 5.10 Å². The maximum absolute atomic E-state index is 13.0. The van der Waals surface area contributed by atoms with Crippen LogP contribution < -0.4 is 5.32 Å². The minimum atomic E-state index is -0.492. The molecule has 2 aromatic carbocycles. The van der Waals surface area contributed by atoms with Crippen molar-refractivity contribution in [2.75, 3.05) is 20.0 Å². The van der Waals surface area contributed by atoms with Gasteiger partial charge >= 0.3 is 0 Å². The van der Waals surface area contributed by atoms with Gasteiger partial charge in [0.15, 0.2) is 0 Å². The summed E-state index contributed by atoms with van der Waals surface area (Å²) in [7, 11) is 0. The monoisotopic (exact) mass is 400 g/mol. The van der Waals surface area contributed by atoms with Gasteiger partial charge in [-0.25, -0.2) is 4.68 Å². The summed E-state index contributed by atoms with van der Waals surface area (Å²) in [5.41, 5.74) is 1.64. The number of nitrogens with zero attached hydrogens (tertiary/aromatic N) is 3. The summed E-state index contributed by atoms with van der Waals surface area (Å²) in [6.07, 6.45) is 0.237. The predicted molar refractivity (Wildman–Crippen MR) is 105 cm³/mol. The molecule has 3 aromatic rings. The molecule has 0 bridgehead atoms. The molecule has 1 unspecified atom stereocenters. The minimum Gasteiger partial charge on any atom is -0.355 e. The van der Waals surface area contributed by atoms with E-state index in [1.165, 1.54) is 0 Å². The molecule has 0 spiro atoms. The number of carbonyl (C=O) groups excluding carboxylic acids is 1. The van der Waals surface area contributed by atoms with Crippen LogP contribution in [0.1, 0.15) is 29.9 Å². The van der Waals surface area contributed by atoms with E-state index in [-0.39, 0.29) is 12.7 Å². The molecule has 1 aromatic heterocycles. The molecule has 1 fully saturated rings. The molecule has 2 heterocycles. The van der Waals surface area contributed by atoms with Crippen LogP contribution >= 0.6 is 11.6 Å². The molecule has 1 aliphatic rings. The largest absolute Gasteiger partial charge is 0.355 e. The molecule has 4 rings (SSSR count). The lowest BCUT2D eigenvalue weighted by molar-refractivity contribution is -0.183. The lowest BCUT2D eigenvalue weighted by Crippen LogP contribution is -2.51. The number of para-hydroxylation sites is 1. The summed E-state index contributed by atoms with van der Waals surface area (Å²) >= 11 is 5.95. The number of ether oxygens (including phenoxy) is 2. The average Bonchev–Trinajstić information content (AvgIpc) is 3.16. The van der Waals surface area contributed by atoms with Gasteiger partial charge in [-0.3, -0.25) is 4.79 Å². The van der Waals surface area contributed by atoms with E-state index in [4.69, 9.17) is 21.1 Å². The van der Waals surface area contributed by atoms with Crippen molar-refractivity contribution in [3.63, 3.8) is 0 Å². The van der Waals surface area contributed by atoms with Crippen LogP contribution in [0.3, 0.4) is 0 Å². The average molecular weight is 401 g/mol. The second kappa shape index (κ2) is 7.87. The molecule has 0 radical (unpaired) electrons. The zero-order valence-corrected chi connectivity index (χ0v) is 16.2. The second-order valence-corrected chi connectivity index (χ2v) is 7.37. The van der Waals surface area contributed by atoms with Crippen molar-refractivity contribution in [1.29, 1.82) is 0 Å². The van der Waals surface area contributed by atoms with Gasteiger partial charge in [0.25, 0.3) is 5.91 Å². The molecule has 1 amide bonds. The lowest BCUT2D eigenvalue weighted by atomic mass is 9.82. The number of hydrogen-bond acceptors (Lipinski definition) is 5. The maximum atomic E-state index is 13.0. The lowest BCUT2D eigenvalue weighted by Gasteiger charge is -2.42. The Bertz CT molecular complexity index is 967. The number of halogens is 1. The zero-order chi connectivity index (χ0) is 19.6. The summed E-state index contributed by atoms with van der Waals surface area (Å²) in [5.74, 6) is -0.223. The molecule has 146 valence electrons. The highest BCUT2D eigenvalue weighted by Gasteiger charge is 2.43. The Balaban J connectivity index is 1.75. The van der Waals surface area contributed by atoms with Gasteiger partial charge < -0.3 is 14.8 Å². The van der Waals surface area contributed by atoms with Crippen molar-refractivity contribution in [2.45, 2.75) is 19.5 Å². The molecular weight excluding hydrogens is 380 g/mol. The predicted octanol–water partition coefficient (Wildman–Crippen LogP) is 3.41. The first-order valence-corrected chi connectivity index (χ1v) is 9.53. The fourth-order valence-corrected chi connectivity index (χ4v) is 3.63. The highest BCUT2D eigenvalue weighted by atomic mass is 35.5. The fraction of sp³-hybridized carbons (Fsp3) is 0.350. The van der Waals surface area contributed by atoms with Crippen molar-refractivity contribution in [2.24, 2.45) is 5.41 Å². The van der Waals surface area contributed by atoms with Gasteiger partial charge in [0.1, 0.15) is 18.5 Å². The normalized spacial score (nSPS) is 17.4. The highest BCUT2D eigenvalue weighted by Crippen LogP contribution is 2.38. The van der Waals surface area contributed by atoms with E-state index in [0.717, 1.165) is 17.5 Å². The van der Waals surface area contributed by atoms with Crippen LogP contribution in [0.25, 0.3) is 11.0 Å². The first-order chi connectivity index (χ1) is 13.6. The maximum Gasteiger partial charge on any atom is 0.252 e. The van der Waals surface area contributed by atoms with Crippen LogP contribution in [0.2, 0.25) is 5.02 Å². The summed E-state index contributed by atoms with van der Waals surface area (Å²) in [4.78, 5) is 13.0. The molecule has 0 saturated carbocycles. The first-order valence-electron chi connectivity index (χ1n) is 9.15. The van der Waals surface area contributed by atoms with Crippen LogP contribution in [0.4, 0.5) is 0 Å². The van der Waals surface area contributed by atoms with Crippen molar-refractivity contribution in [1.82, 2.24) is 20.3 Å². The number of hydrogen-bond donors (Lipinski definition) is 1. The minimum absolute atomic E-state index is 0.223. The van der Waals surface area contributed by atoms with E-state index in [2.05, 4.69) is 22.6 Å². The van der Waals surface area contributed by atoms with Crippen molar-refractivity contribution in [3.05, 3.63) is 59.1 Å². The SMILES string of the molecule is CCC1(C(NC(=O)c2ccc(Cl)cc2)n2nnc3ccccc32)COCOC1. The molecule has 1 atom stereocenters. The Morgan fingerprint density at radius 3 is 2.64 bits per heavy atom. The highest BCUT2D eigenvalue weighted by molar-refractivity contribution is 6.30. The molecule has 7 nitrogen and oxygen atoms in total.